The highest BCUT2D eigenvalue weighted by molar-refractivity contribution is 5.66. The molecule has 0 N–H and O–H groups in total. The summed E-state index contributed by atoms with van der Waals surface area (Å²) in [6.07, 6.45) is -6.58. The minimum absolute atomic E-state index is 0.215. The third kappa shape index (κ3) is 7.69. The van der Waals surface area contributed by atoms with Gasteiger partial charge in [-0.05, 0) is 20.3 Å². The standard InChI is InChI=1S/C13H23F3O4/c1-5-6-11(18-8(2)3)20-13(16)12(10(15)7-14)19-9(4)17/h8,10-13H,5-7H2,1-4H3. The van der Waals surface area contributed by atoms with Gasteiger partial charge in [-0.1, -0.05) is 13.3 Å². The van der Waals surface area contributed by atoms with E-state index in [0.717, 1.165) is 6.92 Å². The Morgan fingerprint density at radius 2 is 1.80 bits per heavy atom. The number of alkyl halides is 3. The molecule has 4 atom stereocenters. The molecule has 120 valence electrons. The number of hydrogen-bond acceptors (Lipinski definition) is 4. The molecular weight excluding hydrogens is 277 g/mol. The van der Waals surface area contributed by atoms with Crippen LogP contribution in [0.3, 0.4) is 0 Å². The van der Waals surface area contributed by atoms with Crippen molar-refractivity contribution < 1.29 is 32.2 Å². The minimum atomic E-state index is -2.29. The van der Waals surface area contributed by atoms with Crippen LogP contribution in [0.1, 0.15) is 40.5 Å². The molecule has 7 heteroatoms. The van der Waals surface area contributed by atoms with E-state index in [-0.39, 0.29) is 6.10 Å². The monoisotopic (exact) mass is 300 g/mol. The van der Waals surface area contributed by atoms with E-state index < -0.39 is 37.6 Å². The molecular formula is C13H23F3O4. The normalized spacial score (nSPS) is 17.6. The van der Waals surface area contributed by atoms with Gasteiger partial charge in [0.2, 0.25) is 6.36 Å². The highest BCUT2D eigenvalue weighted by Gasteiger charge is 2.35. The number of carbonyl (C=O) groups excluding carboxylic acids is 1. The number of halogens is 3. The highest BCUT2D eigenvalue weighted by atomic mass is 19.2. The lowest BCUT2D eigenvalue weighted by Crippen LogP contribution is -2.41. The molecule has 0 fully saturated rings. The summed E-state index contributed by atoms with van der Waals surface area (Å²) in [5, 5.41) is 0. The van der Waals surface area contributed by atoms with E-state index in [1.807, 2.05) is 6.92 Å². The third-order valence-corrected chi connectivity index (χ3v) is 2.29. The van der Waals surface area contributed by atoms with Crippen molar-refractivity contribution in [3.63, 3.8) is 0 Å². The first-order chi connectivity index (χ1) is 9.31. The maximum Gasteiger partial charge on any atom is 0.303 e. The van der Waals surface area contributed by atoms with Crippen LogP contribution in [0.15, 0.2) is 0 Å². The summed E-state index contributed by atoms with van der Waals surface area (Å²) in [4.78, 5) is 10.8. The van der Waals surface area contributed by atoms with Crippen molar-refractivity contribution >= 4 is 5.97 Å². The Kier molecular flexibility index (Phi) is 9.58. The first-order valence-electron chi connectivity index (χ1n) is 6.64. The zero-order chi connectivity index (χ0) is 15.7. The Balaban J connectivity index is 4.67. The fourth-order valence-electron chi connectivity index (χ4n) is 1.50. The lowest BCUT2D eigenvalue weighted by Gasteiger charge is -2.27. The van der Waals surface area contributed by atoms with Crippen molar-refractivity contribution in [3.8, 4) is 0 Å². The molecule has 0 bridgehead atoms. The fourth-order valence-corrected chi connectivity index (χ4v) is 1.50. The van der Waals surface area contributed by atoms with E-state index in [1.165, 1.54) is 0 Å². The smallest absolute Gasteiger partial charge is 0.303 e. The van der Waals surface area contributed by atoms with Crippen molar-refractivity contribution in [1.82, 2.24) is 0 Å². The molecule has 0 spiro atoms. The Labute approximate surface area is 117 Å². The van der Waals surface area contributed by atoms with Gasteiger partial charge in [-0.3, -0.25) is 4.79 Å². The molecule has 4 nitrogen and oxygen atoms in total. The van der Waals surface area contributed by atoms with Gasteiger partial charge in [-0.25, -0.2) is 13.2 Å². The van der Waals surface area contributed by atoms with Crippen molar-refractivity contribution in [2.75, 3.05) is 6.67 Å². The number of carbonyl (C=O) groups is 1. The van der Waals surface area contributed by atoms with Gasteiger partial charge in [0.05, 0.1) is 6.10 Å². The number of hydrogen-bond donors (Lipinski definition) is 0. The average molecular weight is 300 g/mol. The quantitative estimate of drug-likeness (QED) is 0.459. The van der Waals surface area contributed by atoms with Crippen LogP contribution in [0.5, 0.6) is 0 Å². The lowest BCUT2D eigenvalue weighted by atomic mass is 10.2. The van der Waals surface area contributed by atoms with Gasteiger partial charge < -0.3 is 14.2 Å². The maximum atomic E-state index is 13.9. The number of ether oxygens (including phenoxy) is 3. The molecule has 0 aliphatic rings. The van der Waals surface area contributed by atoms with E-state index in [9.17, 15) is 18.0 Å². The lowest BCUT2D eigenvalue weighted by molar-refractivity contribution is -0.253. The third-order valence-electron chi connectivity index (χ3n) is 2.29. The molecule has 4 unspecified atom stereocenters. The number of esters is 1. The molecule has 0 radical (unpaired) electrons. The summed E-state index contributed by atoms with van der Waals surface area (Å²) in [5.74, 6) is -0.908. The van der Waals surface area contributed by atoms with Gasteiger partial charge in [-0.2, -0.15) is 0 Å². The Morgan fingerprint density at radius 3 is 2.20 bits per heavy atom. The first kappa shape index (κ1) is 19.2. The second kappa shape index (κ2) is 9.99. The van der Waals surface area contributed by atoms with Crippen LogP contribution in [0.2, 0.25) is 0 Å². The summed E-state index contributed by atoms with van der Waals surface area (Å²) in [7, 11) is 0. The largest absolute Gasteiger partial charge is 0.454 e. The second-order valence-corrected chi connectivity index (χ2v) is 4.63. The Morgan fingerprint density at radius 1 is 1.20 bits per heavy atom. The summed E-state index contributed by atoms with van der Waals surface area (Å²) < 4.78 is 54.2. The van der Waals surface area contributed by atoms with Crippen molar-refractivity contribution in [2.24, 2.45) is 0 Å². The molecule has 0 aromatic rings. The van der Waals surface area contributed by atoms with E-state index in [2.05, 4.69) is 4.74 Å². The Hall–Kier alpha value is -0.820. The SMILES string of the molecule is CCCC(OC(C)C)OC(F)C(OC(C)=O)C(F)CF. The molecule has 0 amide bonds. The molecule has 0 saturated heterocycles. The van der Waals surface area contributed by atoms with Crippen molar-refractivity contribution in [3.05, 3.63) is 0 Å². The van der Waals surface area contributed by atoms with Crippen molar-refractivity contribution in [1.29, 1.82) is 0 Å². The predicted octanol–water partition coefficient (Wildman–Crippen LogP) is 3.09. The minimum Gasteiger partial charge on any atom is -0.454 e. The zero-order valence-electron chi connectivity index (χ0n) is 12.3. The first-order valence-corrected chi connectivity index (χ1v) is 6.64. The summed E-state index contributed by atoms with van der Waals surface area (Å²) in [6.45, 7) is 4.84. The van der Waals surface area contributed by atoms with Crippen molar-refractivity contribution in [2.45, 2.75) is 71.6 Å². The number of rotatable bonds is 10. The molecule has 0 aromatic heterocycles. The van der Waals surface area contributed by atoms with Gasteiger partial charge in [0.15, 0.2) is 18.6 Å². The van der Waals surface area contributed by atoms with Crippen LogP contribution >= 0.6 is 0 Å². The molecule has 0 aliphatic heterocycles. The van der Waals surface area contributed by atoms with Gasteiger partial charge >= 0.3 is 5.97 Å². The van der Waals surface area contributed by atoms with Crippen LogP contribution in [-0.2, 0) is 19.0 Å². The van der Waals surface area contributed by atoms with Crippen LogP contribution < -0.4 is 0 Å². The van der Waals surface area contributed by atoms with Gasteiger partial charge in [-0.15, -0.1) is 0 Å². The van der Waals surface area contributed by atoms with E-state index >= 15 is 0 Å². The predicted molar refractivity (Wildman–Crippen MR) is 67.3 cm³/mol. The van der Waals surface area contributed by atoms with Gasteiger partial charge in [0.1, 0.15) is 6.67 Å². The summed E-state index contributed by atoms with van der Waals surface area (Å²) in [5.41, 5.74) is 0. The summed E-state index contributed by atoms with van der Waals surface area (Å²) >= 11 is 0. The van der Waals surface area contributed by atoms with Crippen LogP contribution in [-0.4, -0.2) is 43.7 Å². The maximum absolute atomic E-state index is 13.9. The van der Waals surface area contributed by atoms with Gasteiger partial charge in [0.25, 0.3) is 0 Å². The van der Waals surface area contributed by atoms with Gasteiger partial charge in [0, 0.05) is 6.92 Å². The fraction of sp³-hybridized carbons (Fsp3) is 0.923. The highest BCUT2D eigenvalue weighted by Crippen LogP contribution is 2.19. The molecule has 0 saturated carbocycles. The van der Waals surface area contributed by atoms with Crippen LogP contribution in [0.4, 0.5) is 13.2 Å². The van der Waals surface area contributed by atoms with E-state index in [0.29, 0.717) is 12.8 Å². The zero-order valence-corrected chi connectivity index (χ0v) is 12.3. The second-order valence-electron chi connectivity index (χ2n) is 4.63. The van der Waals surface area contributed by atoms with Crippen LogP contribution in [0, 0.1) is 0 Å². The summed E-state index contributed by atoms with van der Waals surface area (Å²) in [6, 6.07) is 0. The van der Waals surface area contributed by atoms with E-state index in [4.69, 9.17) is 9.47 Å². The molecule has 0 heterocycles. The van der Waals surface area contributed by atoms with E-state index in [1.54, 1.807) is 13.8 Å². The Bertz CT molecular complexity index is 276. The molecule has 0 aliphatic carbocycles. The molecule has 20 heavy (non-hydrogen) atoms. The topological polar surface area (TPSA) is 44.8 Å². The molecule has 0 aromatic carbocycles. The van der Waals surface area contributed by atoms with Crippen LogP contribution in [0.25, 0.3) is 0 Å². The average Bonchev–Trinajstić information content (AvgIpc) is 2.34. The molecule has 0 rings (SSSR count).